The lowest BCUT2D eigenvalue weighted by Gasteiger charge is -2.04. The Bertz CT molecular complexity index is 751. The first kappa shape index (κ1) is 15.0. The molecule has 0 aliphatic carbocycles. The van der Waals surface area contributed by atoms with Crippen molar-refractivity contribution in [2.75, 3.05) is 0 Å². The van der Waals surface area contributed by atoms with E-state index in [1.54, 1.807) is 6.20 Å². The Morgan fingerprint density at radius 1 is 1.00 bits per heavy atom. The number of benzene rings is 1. The quantitative estimate of drug-likeness (QED) is 0.734. The van der Waals surface area contributed by atoms with Crippen molar-refractivity contribution in [3.63, 3.8) is 0 Å². The molecule has 0 aliphatic heterocycles. The van der Waals surface area contributed by atoms with Crippen LogP contribution in [0, 0.1) is 0 Å². The summed E-state index contributed by atoms with van der Waals surface area (Å²) in [5, 5.41) is 2.89. The lowest BCUT2D eigenvalue weighted by molar-refractivity contribution is -0.121. The SMILES string of the molecule is O=C(CCc1ccc(-c2ccccc2)[nH]1)NCc1ccccn1. The molecule has 0 spiro atoms. The molecule has 0 radical (unpaired) electrons. The van der Waals surface area contributed by atoms with Gasteiger partial charge < -0.3 is 10.3 Å². The van der Waals surface area contributed by atoms with Gasteiger partial charge in [0.25, 0.3) is 0 Å². The van der Waals surface area contributed by atoms with Crippen LogP contribution in [0.15, 0.2) is 66.9 Å². The highest BCUT2D eigenvalue weighted by atomic mass is 16.1. The van der Waals surface area contributed by atoms with Crippen LogP contribution in [0.1, 0.15) is 17.8 Å². The first-order valence-electron chi connectivity index (χ1n) is 7.71. The van der Waals surface area contributed by atoms with Crippen molar-refractivity contribution in [3.8, 4) is 11.3 Å². The van der Waals surface area contributed by atoms with Crippen molar-refractivity contribution >= 4 is 5.91 Å². The van der Waals surface area contributed by atoms with E-state index in [1.807, 2.05) is 42.5 Å². The van der Waals surface area contributed by atoms with Crippen LogP contribution < -0.4 is 5.32 Å². The molecule has 2 heterocycles. The van der Waals surface area contributed by atoms with Crippen LogP contribution in [0.25, 0.3) is 11.3 Å². The highest BCUT2D eigenvalue weighted by Gasteiger charge is 2.05. The van der Waals surface area contributed by atoms with Gasteiger partial charge in [0.1, 0.15) is 0 Å². The molecule has 2 N–H and O–H groups in total. The number of aryl methyl sites for hydroxylation is 1. The number of aromatic amines is 1. The first-order chi connectivity index (χ1) is 11.3. The van der Waals surface area contributed by atoms with E-state index >= 15 is 0 Å². The van der Waals surface area contributed by atoms with Crippen molar-refractivity contribution in [2.45, 2.75) is 19.4 Å². The van der Waals surface area contributed by atoms with Crippen LogP contribution in [0.2, 0.25) is 0 Å². The number of H-pyrrole nitrogens is 1. The predicted octanol–water partition coefficient (Wildman–Crippen LogP) is 3.33. The van der Waals surface area contributed by atoms with Gasteiger partial charge in [0.2, 0.25) is 5.91 Å². The molecule has 3 rings (SSSR count). The molecule has 0 atom stereocenters. The fourth-order valence-corrected chi connectivity index (χ4v) is 2.40. The third-order valence-corrected chi connectivity index (χ3v) is 3.65. The molecule has 0 saturated heterocycles. The third kappa shape index (κ3) is 4.30. The standard InChI is InChI=1S/C19H19N3O/c23-19(21-14-17-8-4-5-13-20-17)12-10-16-9-11-18(22-16)15-6-2-1-3-7-15/h1-9,11,13,22H,10,12,14H2,(H,21,23). The first-order valence-corrected chi connectivity index (χ1v) is 7.71. The Morgan fingerprint density at radius 2 is 1.83 bits per heavy atom. The molecule has 3 aromatic rings. The summed E-state index contributed by atoms with van der Waals surface area (Å²) < 4.78 is 0. The fraction of sp³-hybridized carbons (Fsp3) is 0.158. The van der Waals surface area contributed by atoms with Gasteiger partial charge in [-0.05, 0) is 36.2 Å². The summed E-state index contributed by atoms with van der Waals surface area (Å²) in [5.41, 5.74) is 4.16. The van der Waals surface area contributed by atoms with E-state index in [-0.39, 0.29) is 5.91 Å². The largest absolute Gasteiger partial charge is 0.358 e. The van der Waals surface area contributed by atoms with Crippen molar-refractivity contribution < 1.29 is 4.79 Å². The van der Waals surface area contributed by atoms with Gasteiger partial charge in [-0.3, -0.25) is 9.78 Å². The summed E-state index contributed by atoms with van der Waals surface area (Å²) in [5.74, 6) is 0.0338. The maximum absolute atomic E-state index is 11.9. The monoisotopic (exact) mass is 305 g/mol. The molecule has 116 valence electrons. The minimum absolute atomic E-state index is 0.0338. The second-order valence-corrected chi connectivity index (χ2v) is 5.36. The number of carbonyl (C=O) groups is 1. The Balaban J connectivity index is 1.49. The number of pyridine rings is 1. The molecule has 1 amide bonds. The van der Waals surface area contributed by atoms with Gasteiger partial charge in [-0.25, -0.2) is 0 Å². The second-order valence-electron chi connectivity index (χ2n) is 5.36. The number of amides is 1. The summed E-state index contributed by atoms with van der Waals surface area (Å²) in [7, 11) is 0. The third-order valence-electron chi connectivity index (χ3n) is 3.65. The molecular formula is C19H19N3O. The minimum Gasteiger partial charge on any atom is -0.358 e. The van der Waals surface area contributed by atoms with E-state index in [9.17, 15) is 4.79 Å². The molecule has 1 aromatic carbocycles. The average molecular weight is 305 g/mol. The molecular weight excluding hydrogens is 286 g/mol. The maximum Gasteiger partial charge on any atom is 0.220 e. The van der Waals surface area contributed by atoms with E-state index in [4.69, 9.17) is 0 Å². The number of carbonyl (C=O) groups excluding carboxylic acids is 1. The Labute approximate surface area is 135 Å². The second kappa shape index (κ2) is 7.40. The van der Waals surface area contributed by atoms with Crippen LogP contribution in [0.5, 0.6) is 0 Å². The molecule has 0 aliphatic rings. The Hall–Kier alpha value is -2.88. The topological polar surface area (TPSA) is 57.8 Å². The lowest BCUT2D eigenvalue weighted by atomic mass is 10.2. The number of hydrogen-bond acceptors (Lipinski definition) is 2. The summed E-state index contributed by atoms with van der Waals surface area (Å²) in [4.78, 5) is 19.5. The zero-order chi connectivity index (χ0) is 15.9. The van der Waals surface area contributed by atoms with Gasteiger partial charge in [0, 0.05) is 24.0 Å². The Kier molecular flexibility index (Phi) is 4.84. The zero-order valence-corrected chi connectivity index (χ0v) is 12.8. The molecule has 0 bridgehead atoms. The van der Waals surface area contributed by atoms with Crippen LogP contribution in [-0.4, -0.2) is 15.9 Å². The highest BCUT2D eigenvalue weighted by Crippen LogP contribution is 2.18. The van der Waals surface area contributed by atoms with Crippen LogP contribution in [0.4, 0.5) is 0 Å². The maximum atomic E-state index is 11.9. The van der Waals surface area contributed by atoms with E-state index in [1.165, 1.54) is 0 Å². The van der Waals surface area contributed by atoms with Gasteiger partial charge in [-0.2, -0.15) is 0 Å². The average Bonchev–Trinajstić information content (AvgIpc) is 3.09. The number of aromatic nitrogens is 2. The van der Waals surface area contributed by atoms with Gasteiger partial charge in [0.05, 0.1) is 12.2 Å². The summed E-state index contributed by atoms with van der Waals surface area (Å²) in [6, 6.07) is 19.9. The summed E-state index contributed by atoms with van der Waals surface area (Å²) in [6.45, 7) is 0.472. The van der Waals surface area contributed by atoms with E-state index in [0.29, 0.717) is 19.4 Å². The molecule has 0 fully saturated rings. The summed E-state index contributed by atoms with van der Waals surface area (Å²) in [6.07, 6.45) is 2.88. The van der Waals surface area contributed by atoms with Crippen LogP contribution in [-0.2, 0) is 17.8 Å². The van der Waals surface area contributed by atoms with E-state index < -0.39 is 0 Å². The minimum atomic E-state index is 0.0338. The van der Waals surface area contributed by atoms with Gasteiger partial charge in [-0.15, -0.1) is 0 Å². The van der Waals surface area contributed by atoms with Crippen molar-refractivity contribution in [2.24, 2.45) is 0 Å². The van der Waals surface area contributed by atoms with Gasteiger partial charge >= 0.3 is 0 Å². The predicted molar refractivity (Wildman–Crippen MR) is 90.6 cm³/mol. The molecule has 23 heavy (non-hydrogen) atoms. The Morgan fingerprint density at radius 3 is 2.61 bits per heavy atom. The fourth-order valence-electron chi connectivity index (χ4n) is 2.40. The zero-order valence-electron chi connectivity index (χ0n) is 12.8. The van der Waals surface area contributed by atoms with Crippen LogP contribution >= 0.6 is 0 Å². The molecule has 4 nitrogen and oxygen atoms in total. The molecule has 4 heteroatoms. The number of rotatable bonds is 6. The van der Waals surface area contributed by atoms with Crippen molar-refractivity contribution in [1.29, 1.82) is 0 Å². The number of hydrogen-bond donors (Lipinski definition) is 2. The smallest absolute Gasteiger partial charge is 0.220 e. The summed E-state index contributed by atoms with van der Waals surface area (Å²) >= 11 is 0. The van der Waals surface area contributed by atoms with Crippen LogP contribution in [0.3, 0.4) is 0 Å². The van der Waals surface area contributed by atoms with Crippen molar-refractivity contribution in [1.82, 2.24) is 15.3 Å². The van der Waals surface area contributed by atoms with Crippen molar-refractivity contribution in [3.05, 3.63) is 78.2 Å². The molecule has 0 saturated carbocycles. The number of nitrogens with one attached hydrogen (secondary N) is 2. The van der Waals surface area contributed by atoms with Gasteiger partial charge in [0.15, 0.2) is 0 Å². The van der Waals surface area contributed by atoms with Gasteiger partial charge in [-0.1, -0.05) is 36.4 Å². The molecule has 2 aromatic heterocycles. The lowest BCUT2D eigenvalue weighted by Crippen LogP contribution is -2.23. The van der Waals surface area contributed by atoms with E-state index in [0.717, 1.165) is 22.6 Å². The number of nitrogens with zero attached hydrogens (tertiary/aromatic N) is 1. The highest BCUT2D eigenvalue weighted by molar-refractivity contribution is 5.76. The normalized spacial score (nSPS) is 10.4. The van der Waals surface area contributed by atoms with E-state index in [2.05, 4.69) is 33.5 Å². The molecule has 0 unspecified atom stereocenters.